The van der Waals surface area contributed by atoms with Gasteiger partial charge in [0.25, 0.3) is 0 Å². The summed E-state index contributed by atoms with van der Waals surface area (Å²) in [5.74, 6) is -0.198. The number of carbonyl (C=O) groups is 2. The minimum atomic E-state index is -0.252. The van der Waals surface area contributed by atoms with Gasteiger partial charge in [-0.1, -0.05) is 0 Å². The van der Waals surface area contributed by atoms with Crippen LogP contribution in [0.2, 0.25) is 0 Å². The molecule has 18 heavy (non-hydrogen) atoms. The van der Waals surface area contributed by atoms with E-state index in [1.165, 1.54) is 7.11 Å². The molecule has 0 N–H and O–H groups in total. The van der Waals surface area contributed by atoms with Crippen LogP contribution in [-0.4, -0.2) is 67.8 Å². The van der Waals surface area contributed by atoms with Gasteiger partial charge in [0.2, 0.25) is 0 Å². The van der Waals surface area contributed by atoms with Crippen molar-refractivity contribution in [1.82, 2.24) is 9.80 Å². The van der Waals surface area contributed by atoms with E-state index in [0.29, 0.717) is 26.1 Å². The van der Waals surface area contributed by atoms with Gasteiger partial charge in [0.05, 0.1) is 19.6 Å². The van der Waals surface area contributed by atoms with E-state index in [1.54, 1.807) is 4.90 Å². The molecule has 1 amide bonds. The second-order valence-electron chi connectivity index (χ2n) is 4.59. The van der Waals surface area contributed by atoms with Crippen molar-refractivity contribution in [2.75, 3.05) is 39.8 Å². The minimum absolute atomic E-state index is 0.0881. The molecule has 0 saturated carbocycles. The number of hydrogen-bond acceptors (Lipinski definition) is 5. The molecule has 1 aliphatic heterocycles. The van der Waals surface area contributed by atoms with Gasteiger partial charge in [-0.05, 0) is 13.8 Å². The fraction of sp³-hybridized carbons (Fsp3) is 0.833. The zero-order valence-corrected chi connectivity index (χ0v) is 11.3. The lowest BCUT2D eigenvalue weighted by Crippen LogP contribution is -2.49. The maximum atomic E-state index is 11.6. The Bertz CT molecular complexity index is 286. The van der Waals surface area contributed by atoms with Gasteiger partial charge in [0.15, 0.2) is 0 Å². The smallest absolute Gasteiger partial charge is 0.410 e. The number of nitrogens with zero attached hydrogens (tertiary/aromatic N) is 2. The summed E-state index contributed by atoms with van der Waals surface area (Å²) in [5.41, 5.74) is 0. The van der Waals surface area contributed by atoms with Crippen molar-refractivity contribution in [2.24, 2.45) is 0 Å². The topological polar surface area (TPSA) is 59.1 Å². The van der Waals surface area contributed by atoms with Crippen molar-refractivity contribution < 1.29 is 19.1 Å². The maximum Gasteiger partial charge on any atom is 0.410 e. The molecule has 1 fully saturated rings. The number of ether oxygens (including phenoxy) is 2. The lowest BCUT2D eigenvalue weighted by molar-refractivity contribution is -0.141. The normalized spacial score (nSPS) is 16.8. The monoisotopic (exact) mass is 258 g/mol. The second kappa shape index (κ2) is 7.20. The van der Waals surface area contributed by atoms with Crippen molar-refractivity contribution in [3.05, 3.63) is 0 Å². The first-order chi connectivity index (χ1) is 8.52. The van der Waals surface area contributed by atoms with Crippen LogP contribution in [-0.2, 0) is 14.3 Å². The van der Waals surface area contributed by atoms with E-state index in [1.807, 2.05) is 13.8 Å². The van der Waals surface area contributed by atoms with Crippen molar-refractivity contribution in [2.45, 2.75) is 26.4 Å². The lowest BCUT2D eigenvalue weighted by Gasteiger charge is -2.34. The molecule has 0 aliphatic carbocycles. The number of hydrogen-bond donors (Lipinski definition) is 0. The Labute approximate surface area is 108 Å². The first-order valence-electron chi connectivity index (χ1n) is 6.27. The average Bonchev–Trinajstić information content (AvgIpc) is 2.35. The quantitative estimate of drug-likeness (QED) is 0.695. The molecule has 0 spiro atoms. The molecule has 0 aromatic carbocycles. The zero-order chi connectivity index (χ0) is 13.5. The van der Waals surface area contributed by atoms with Crippen LogP contribution in [0, 0.1) is 0 Å². The third kappa shape index (κ3) is 4.91. The highest BCUT2D eigenvalue weighted by molar-refractivity contribution is 5.69. The number of methoxy groups -OCH3 is 1. The second-order valence-corrected chi connectivity index (χ2v) is 4.59. The average molecular weight is 258 g/mol. The van der Waals surface area contributed by atoms with Gasteiger partial charge < -0.3 is 14.4 Å². The van der Waals surface area contributed by atoms with Gasteiger partial charge in [0.1, 0.15) is 0 Å². The summed E-state index contributed by atoms with van der Waals surface area (Å²) in [7, 11) is 1.39. The Hall–Kier alpha value is -1.30. The van der Waals surface area contributed by atoms with Crippen molar-refractivity contribution in [1.29, 1.82) is 0 Å². The van der Waals surface area contributed by atoms with Crippen LogP contribution in [0.15, 0.2) is 0 Å². The van der Waals surface area contributed by atoms with Crippen LogP contribution in [0.4, 0.5) is 4.79 Å². The highest BCUT2D eigenvalue weighted by Gasteiger charge is 2.22. The van der Waals surface area contributed by atoms with Crippen LogP contribution in [0.3, 0.4) is 0 Å². The van der Waals surface area contributed by atoms with Crippen molar-refractivity contribution in [3.8, 4) is 0 Å². The predicted octanol–water partition coefficient (Wildman–Crippen LogP) is 0.712. The first kappa shape index (κ1) is 14.8. The largest absolute Gasteiger partial charge is 0.469 e. The highest BCUT2D eigenvalue weighted by atomic mass is 16.6. The van der Waals surface area contributed by atoms with Gasteiger partial charge in [-0.15, -0.1) is 0 Å². The van der Waals surface area contributed by atoms with Gasteiger partial charge in [-0.3, -0.25) is 9.69 Å². The fourth-order valence-corrected chi connectivity index (χ4v) is 1.78. The van der Waals surface area contributed by atoms with Crippen LogP contribution in [0.25, 0.3) is 0 Å². The van der Waals surface area contributed by atoms with E-state index >= 15 is 0 Å². The maximum absolute atomic E-state index is 11.6. The zero-order valence-electron chi connectivity index (χ0n) is 11.3. The number of piperazine rings is 1. The molecule has 1 aliphatic rings. The van der Waals surface area contributed by atoms with Crippen LogP contribution in [0.5, 0.6) is 0 Å². The molecular weight excluding hydrogens is 236 g/mol. The van der Waals surface area contributed by atoms with Crippen molar-refractivity contribution in [3.63, 3.8) is 0 Å². The molecule has 1 saturated heterocycles. The Balaban J connectivity index is 2.24. The highest BCUT2D eigenvalue weighted by Crippen LogP contribution is 2.06. The molecule has 0 atom stereocenters. The van der Waals surface area contributed by atoms with Crippen LogP contribution in [0.1, 0.15) is 20.3 Å². The van der Waals surface area contributed by atoms with Gasteiger partial charge in [-0.25, -0.2) is 4.79 Å². The molecule has 0 aromatic heterocycles. The van der Waals surface area contributed by atoms with Gasteiger partial charge in [-0.2, -0.15) is 0 Å². The predicted molar refractivity (Wildman–Crippen MR) is 66.3 cm³/mol. The molecule has 0 radical (unpaired) electrons. The molecule has 0 aromatic rings. The summed E-state index contributed by atoms with van der Waals surface area (Å²) in [6.07, 6.45) is 0.0555. The van der Waals surface area contributed by atoms with E-state index in [-0.39, 0.29) is 18.2 Å². The Morgan fingerprint density at radius 1 is 1.17 bits per heavy atom. The molecular formula is C12H22N2O4. The number of esters is 1. The van der Waals surface area contributed by atoms with E-state index < -0.39 is 0 Å². The molecule has 0 unspecified atom stereocenters. The molecule has 0 bridgehead atoms. The van der Waals surface area contributed by atoms with Crippen LogP contribution < -0.4 is 0 Å². The standard InChI is InChI=1S/C12H22N2O4/c1-10(2)18-12(16)14-8-6-13(7-9-14)5-4-11(15)17-3/h10H,4-9H2,1-3H3. The summed E-state index contributed by atoms with van der Waals surface area (Å²) >= 11 is 0. The fourth-order valence-electron chi connectivity index (χ4n) is 1.78. The number of carbonyl (C=O) groups excluding carboxylic acids is 2. The molecule has 1 heterocycles. The Morgan fingerprint density at radius 2 is 1.78 bits per heavy atom. The van der Waals surface area contributed by atoms with Crippen molar-refractivity contribution >= 4 is 12.1 Å². The SMILES string of the molecule is COC(=O)CCN1CCN(C(=O)OC(C)C)CC1. The summed E-state index contributed by atoms with van der Waals surface area (Å²) < 4.78 is 9.73. The van der Waals surface area contributed by atoms with Crippen LogP contribution >= 0.6 is 0 Å². The van der Waals surface area contributed by atoms with Gasteiger partial charge in [0, 0.05) is 32.7 Å². The molecule has 6 heteroatoms. The summed E-state index contributed by atoms with van der Waals surface area (Å²) in [4.78, 5) is 26.5. The molecule has 104 valence electrons. The number of amides is 1. The molecule has 1 rings (SSSR count). The number of rotatable bonds is 4. The summed E-state index contributed by atoms with van der Waals surface area (Å²) in [6.45, 7) is 7.18. The third-order valence-electron chi connectivity index (χ3n) is 2.83. The first-order valence-corrected chi connectivity index (χ1v) is 6.27. The van der Waals surface area contributed by atoms with E-state index in [2.05, 4.69) is 9.64 Å². The third-order valence-corrected chi connectivity index (χ3v) is 2.83. The van der Waals surface area contributed by atoms with E-state index in [4.69, 9.17) is 4.74 Å². The lowest BCUT2D eigenvalue weighted by atomic mass is 10.3. The van der Waals surface area contributed by atoms with Gasteiger partial charge >= 0.3 is 12.1 Å². The Morgan fingerprint density at radius 3 is 2.28 bits per heavy atom. The van der Waals surface area contributed by atoms with E-state index in [0.717, 1.165) is 13.1 Å². The summed E-state index contributed by atoms with van der Waals surface area (Å²) in [6, 6.07) is 0. The minimum Gasteiger partial charge on any atom is -0.469 e. The summed E-state index contributed by atoms with van der Waals surface area (Å²) in [5, 5.41) is 0. The van der Waals surface area contributed by atoms with E-state index in [9.17, 15) is 9.59 Å². The Kier molecular flexibility index (Phi) is 5.91. The molecule has 6 nitrogen and oxygen atoms in total.